The van der Waals surface area contributed by atoms with Crippen molar-refractivity contribution in [3.63, 3.8) is 0 Å². The van der Waals surface area contributed by atoms with E-state index in [2.05, 4.69) is 25.3 Å². The number of amides is 2. The smallest absolute Gasteiger partial charge is 0.857 e. The monoisotopic (exact) mass is 572 g/mol. The van der Waals surface area contributed by atoms with Gasteiger partial charge < -0.3 is 30.9 Å². The molecule has 0 radical (unpaired) electrons. The number of nitrogen functional groups attached to an aromatic ring is 1. The van der Waals surface area contributed by atoms with Gasteiger partial charge in [0.15, 0.2) is 17.8 Å². The molecule has 1 aliphatic heterocycles. The molecule has 182 valence electrons. The average Bonchev–Trinajstić information content (AvgIpc) is 3.14. The number of β-lactam (4-membered cyclic amide) rings is 1. The summed E-state index contributed by atoms with van der Waals surface area (Å²) >= 11 is 1.36. The quantitative estimate of drug-likeness (QED) is 0.0559. The summed E-state index contributed by atoms with van der Waals surface area (Å²) in [5, 5.41) is 29.1. The molecule has 0 saturated carbocycles. The van der Waals surface area contributed by atoms with Crippen LogP contribution in [0.3, 0.4) is 0 Å². The van der Waals surface area contributed by atoms with Gasteiger partial charge in [0, 0.05) is 23.6 Å². The number of aliphatic imine (C=N–C) groups is 1. The Morgan fingerprint density at radius 2 is 2.06 bits per heavy atom. The molecule has 1 aliphatic rings. The number of aliphatic carboxylic acids is 1. The number of carboxylic acids is 1. The van der Waals surface area contributed by atoms with Crippen molar-refractivity contribution in [2.75, 3.05) is 31.3 Å². The number of hydrogen-bond acceptors (Lipinski definition) is 14. The van der Waals surface area contributed by atoms with E-state index in [0.29, 0.717) is 11.8 Å². The molecule has 0 aromatic carbocycles. The number of alkyl halides is 1. The summed E-state index contributed by atoms with van der Waals surface area (Å²) in [5.41, 5.74) is 4.68. The summed E-state index contributed by atoms with van der Waals surface area (Å²) in [5.74, 6) is -4.60. The maximum absolute atomic E-state index is 12.6. The van der Waals surface area contributed by atoms with E-state index in [1.165, 1.54) is 5.38 Å². The molecule has 2 rings (SSSR count). The molecule has 35 heavy (non-hydrogen) atoms. The van der Waals surface area contributed by atoms with Gasteiger partial charge in [-0.25, -0.2) is 13.7 Å². The van der Waals surface area contributed by atoms with Gasteiger partial charge >= 0.3 is 69.4 Å². The second kappa shape index (κ2) is 15.3. The fraction of sp³-hybridized carbons (Fsp3) is 0.429. The molecule has 0 bridgehead atoms. The maximum atomic E-state index is 12.6. The van der Waals surface area contributed by atoms with Crippen LogP contribution in [0.4, 0.5) is 14.3 Å². The largest absolute Gasteiger partial charge is 1.00 e. The number of nitrogens with two attached hydrogens (primary N) is 1. The Morgan fingerprint density at radius 1 is 1.40 bits per heavy atom. The molecule has 0 aliphatic carbocycles. The van der Waals surface area contributed by atoms with Crippen LogP contribution >= 0.6 is 23.1 Å². The number of aromatic nitrogens is 1. The van der Waals surface area contributed by atoms with Crippen LogP contribution in [0.2, 0.25) is 0 Å². The van der Waals surface area contributed by atoms with E-state index in [0.717, 1.165) is 11.3 Å². The fourth-order valence-electron chi connectivity index (χ4n) is 2.38. The molecule has 1 saturated heterocycles. The van der Waals surface area contributed by atoms with Crippen molar-refractivity contribution < 1.29 is 106 Å². The predicted octanol–water partition coefficient (Wildman–Crippen LogP) is -9.24. The molecule has 1 fully saturated rings. The number of hydrogen-bond donors (Lipinski definition) is 3. The minimum atomic E-state index is -5.04. The zero-order valence-electron chi connectivity index (χ0n) is 18.2. The molecule has 2 heterocycles. The number of oxime groups is 1. The number of carbonyl (C=O) groups is 3. The Kier molecular flexibility index (Phi) is 14.8. The molecule has 1 aromatic rings. The Bertz CT molecular complexity index is 1090. The third-order valence-corrected chi connectivity index (χ3v) is 6.23. The number of nitrogens with zero attached hydrogens (tertiary/aromatic N) is 4. The molecule has 2 atom stereocenters. The molecule has 0 unspecified atom stereocenters. The standard InChI is InChI=1S/C14H17FN6O9S3.2Na/c15-1-2-17-14(26)32-5-7-10(12(25)21(7)33(27,28)29)19-11(24)9(20-30-3-8(22)23)6-4-31-13(16)18-6;;/h4,7,10H,1-3,5H2,(H2,16,18)(H,17,26)(H,19,24)(H,22,23)(H,27,28,29);;/q;2*+1/p-2/b20-9+;;/t7-,10+;;/m1../s1. The molecule has 15 nitrogen and oxygen atoms in total. The Morgan fingerprint density at radius 3 is 2.57 bits per heavy atom. The summed E-state index contributed by atoms with van der Waals surface area (Å²) in [7, 11) is -5.04. The van der Waals surface area contributed by atoms with Crippen LogP contribution in [-0.4, -0.2) is 88.6 Å². The Balaban J connectivity index is 0.00000578. The number of thiazole rings is 1. The fourth-order valence-corrected chi connectivity index (χ4v) is 4.75. The summed E-state index contributed by atoms with van der Waals surface area (Å²) in [4.78, 5) is 46.2. The molecular formula is C14H15FN6Na2O9S3. The molecule has 21 heteroatoms. The van der Waals surface area contributed by atoms with E-state index in [1.807, 2.05) is 0 Å². The minimum Gasteiger partial charge on any atom is -0.857 e. The van der Waals surface area contributed by atoms with E-state index in [9.17, 15) is 42.0 Å². The number of anilines is 1. The summed E-state index contributed by atoms with van der Waals surface area (Å²) in [6, 6.07) is -3.09. The van der Waals surface area contributed by atoms with Gasteiger partial charge in [-0.05, 0) is 0 Å². The zero-order chi connectivity index (χ0) is 24.8. The van der Waals surface area contributed by atoms with Gasteiger partial charge in [-0.2, -0.15) is 8.42 Å². The summed E-state index contributed by atoms with van der Waals surface area (Å²) in [6.45, 7) is -2.17. The van der Waals surface area contributed by atoms with Gasteiger partial charge in [-0.15, -0.1) is 11.3 Å². The van der Waals surface area contributed by atoms with Gasteiger partial charge in [-0.3, -0.25) is 19.1 Å². The van der Waals surface area contributed by atoms with E-state index in [-0.39, 0.29) is 80.8 Å². The van der Waals surface area contributed by atoms with Crippen LogP contribution in [-0.2, 0) is 24.7 Å². The van der Waals surface area contributed by atoms with Gasteiger partial charge in [0.25, 0.3) is 11.1 Å². The summed E-state index contributed by atoms with van der Waals surface area (Å²) < 4.78 is 44.4. The third kappa shape index (κ3) is 9.74. The van der Waals surface area contributed by atoms with Crippen molar-refractivity contribution >= 4 is 67.3 Å². The minimum absolute atomic E-state index is 0. The first-order valence-corrected chi connectivity index (χ1v) is 11.9. The van der Waals surface area contributed by atoms with E-state index in [1.54, 1.807) is 0 Å². The summed E-state index contributed by atoms with van der Waals surface area (Å²) in [6.07, 6.45) is 0. The van der Waals surface area contributed by atoms with Crippen LogP contribution in [0, 0.1) is 0 Å². The van der Waals surface area contributed by atoms with Crippen molar-refractivity contribution in [1.29, 1.82) is 0 Å². The first-order chi connectivity index (χ1) is 15.5. The molecule has 2 amide bonds. The van der Waals surface area contributed by atoms with Gasteiger partial charge in [-0.1, -0.05) is 16.9 Å². The molecule has 1 aromatic heterocycles. The van der Waals surface area contributed by atoms with E-state index >= 15 is 0 Å². The van der Waals surface area contributed by atoms with Gasteiger partial charge in [0.1, 0.15) is 18.1 Å². The Hall–Kier alpha value is -1.03. The molecule has 4 N–H and O–H groups in total. The maximum Gasteiger partial charge on any atom is 1.00 e. The molecule has 0 spiro atoms. The number of halogens is 1. The first-order valence-electron chi connectivity index (χ1n) is 8.59. The van der Waals surface area contributed by atoms with Crippen LogP contribution in [0.1, 0.15) is 5.69 Å². The first kappa shape index (κ1) is 34.0. The number of nitrogens with one attached hydrogen (secondary N) is 1. The second-order valence-corrected chi connectivity index (χ2v) is 9.10. The van der Waals surface area contributed by atoms with Crippen molar-refractivity contribution in [3.05, 3.63) is 11.1 Å². The van der Waals surface area contributed by atoms with E-state index < -0.39 is 70.1 Å². The number of carboxylic acid groups (broad SMARTS) is 1. The van der Waals surface area contributed by atoms with E-state index in [4.69, 9.17) is 5.73 Å². The topological polar surface area (TPSA) is 240 Å². The van der Waals surface area contributed by atoms with Gasteiger partial charge in [0.05, 0.1) is 12.0 Å². The second-order valence-electron chi connectivity index (χ2n) is 5.93. The van der Waals surface area contributed by atoms with Crippen molar-refractivity contribution in [2.24, 2.45) is 10.1 Å². The normalized spacial score (nSPS) is 18.1. The van der Waals surface area contributed by atoms with Crippen molar-refractivity contribution in [2.45, 2.75) is 12.1 Å². The van der Waals surface area contributed by atoms with Crippen LogP contribution in [0.25, 0.3) is 0 Å². The van der Waals surface area contributed by atoms with Crippen molar-refractivity contribution in [1.82, 2.24) is 14.6 Å². The third-order valence-electron chi connectivity index (χ3n) is 3.70. The number of carbonyl (C=O) groups excluding carboxylic acids is 3. The number of rotatable bonds is 11. The Labute approximate surface area is 250 Å². The zero-order valence-corrected chi connectivity index (χ0v) is 24.7. The van der Waals surface area contributed by atoms with Crippen LogP contribution in [0.15, 0.2) is 15.5 Å². The van der Waals surface area contributed by atoms with Crippen LogP contribution < -0.4 is 80.4 Å². The van der Waals surface area contributed by atoms with Crippen LogP contribution in [0.5, 0.6) is 0 Å². The number of thioether (sulfide) groups is 1. The average molecular weight is 572 g/mol. The van der Waals surface area contributed by atoms with Gasteiger partial charge in [0.2, 0.25) is 0 Å². The predicted molar refractivity (Wildman–Crippen MR) is 109 cm³/mol. The SMILES string of the molecule is Nc1nc(/C(=N\OCC(=O)[O-])C([O-])=N[C@@H]2C(=O)N(S(=O)(=O)O)[C@@H]2CSC(=O)NCCF)cs1.[Na+].[Na+]. The van der Waals surface area contributed by atoms with Crippen molar-refractivity contribution in [3.8, 4) is 0 Å². The molecular weight excluding hydrogens is 557 g/mol.